The minimum absolute atomic E-state index is 0. The van der Waals surface area contributed by atoms with Gasteiger partial charge in [-0.15, -0.1) is 24.0 Å². The van der Waals surface area contributed by atoms with E-state index in [4.69, 9.17) is 4.52 Å². The molecule has 1 aliphatic carbocycles. The van der Waals surface area contributed by atoms with E-state index in [0.717, 1.165) is 31.0 Å². The molecular formula is C12H19IN4O. The smallest absolute Gasteiger partial charge is 0.191 e. The Bertz CT molecular complexity index is 381. The fourth-order valence-corrected chi connectivity index (χ4v) is 1.73. The van der Waals surface area contributed by atoms with Crippen LogP contribution in [0.2, 0.25) is 0 Å². The van der Waals surface area contributed by atoms with Gasteiger partial charge in [0, 0.05) is 18.7 Å². The van der Waals surface area contributed by atoms with Crippen LogP contribution in [-0.2, 0) is 6.54 Å². The van der Waals surface area contributed by atoms with E-state index < -0.39 is 0 Å². The van der Waals surface area contributed by atoms with Gasteiger partial charge < -0.3 is 15.2 Å². The van der Waals surface area contributed by atoms with Gasteiger partial charge in [0.25, 0.3) is 0 Å². The number of nitrogens with zero attached hydrogens (tertiary/aromatic N) is 2. The summed E-state index contributed by atoms with van der Waals surface area (Å²) in [5.74, 6) is 0.837. The number of halogens is 1. The molecule has 0 radical (unpaired) electrons. The van der Waals surface area contributed by atoms with Crippen LogP contribution in [0, 0.1) is 0 Å². The molecule has 1 heterocycles. The number of hydrogen-bond acceptors (Lipinski definition) is 3. The fourth-order valence-electron chi connectivity index (χ4n) is 1.73. The van der Waals surface area contributed by atoms with Crippen molar-refractivity contribution in [3.63, 3.8) is 0 Å². The molecule has 5 nitrogen and oxygen atoms in total. The molecule has 18 heavy (non-hydrogen) atoms. The van der Waals surface area contributed by atoms with Crippen molar-refractivity contribution >= 4 is 29.9 Å². The van der Waals surface area contributed by atoms with E-state index in [2.05, 4.69) is 39.9 Å². The maximum absolute atomic E-state index is 4.77. The zero-order valence-electron chi connectivity index (χ0n) is 10.4. The summed E-state index contributed by atoms with van der Waals surface area (Å²) in [5.41, 5.74) is 0.840. The van der Waals surface area contributed by atoms with Crippen LogP contribution in [0.3, 0.4) is 0 Å². The molecule has 0 aliphatic heterocycles. The summed E-state index contributed by atoms with van der Waals surface area (Å²) in [5, 5.41) is 10.5. The van der Waals surface area contributed by atoms with Crippen molar-refractivity contribution in [3.05, 3.63) is 30.2 Å². The second kappa shape index (κ2) is 8.12. The lowest BCUT2D eigenvalue weighted by atomic mass is 10.2. The molecule has 0 saturated heterocycles. The minimum Gasteiger partial charge on any atom is -0.364 e. The molecule has 0 fully saturated rings. The van der Waals surface area contributed by atoms with Crippen LogP contribution in [0.25, 0.3) is 0 Å². The summed E-state index contributed by atoms with van der Waals surface area (Å²) in [7, 11) is 0. The molecule has 0 unspecified atom stereocenters. The largest absolute Gasteiger partial charge is 0.364 e. The summed E-state index contributed by atoms with van der Waals surface area (Å²) >= 11 is 0. The highest BCUT2D eigenvalue weighted by atomic mass is 127. The lowest BCUT2D eigenvalue weighted by molar-refractivity contribution is 0.412. The van der Waals surface area contributed by atoms with Gasteiger partial charge in [-0.25, -0.2) is 4.99 Å². The molecule has 0 spiro atoms. The molecule has 2 N–H and O–H groups in total. The maximum Gasteiger partial charge on any atom is 0.191 e. The van der Waals surface area contributed by atoms with Crippen molar-refractivity contribution in [1.82, 2.24) is 15.8 Å². The first-order valence-electron chi connectivity index (χ1n) is 5.97. The Kier molecular flexibility index (Phi) is 6.77. The number of guanidine groups is 1. The van der Waals surface area contributed by atoms with Gasteiger partial charge in [0.15, 0.2) is 5.96 Å². The lowest BCUT2D eigenvalue weighted by Gasteiger charge is -2.16. The average molecular weight is 362 g/mol. The molecule has 1 aliphatic rings. The van der Waals surface area contributed by atoms with Gasteiger partial charge in [0.1, 0.15) is 12.0 Å². The third-order valence-corrected chi connectivity index (χ3v) is 2.58. The second-order valence-electron chi connectivity index (χ2n) is 3.97. The third kappa shape index (κ3) is 4.67. The maximum atomic E-state index is 4.77. The van der Waals surface area contributed by atoms with Gasteiger partial charge in [0.2, 0.25) is 0 Å². The first-order valence-corrected chi connectivity index (χ1v) is 5.97. The molecule has 0 atom stereocenters. The predicted molar refractivity (Wildman–Crippen MR) is 82.0 cm³/mol. The molecular weight excluding hydrogens is 343 g/mol. The topological polar surface area (TPSA) is 62.5 Å². The van der Waals surface area contributed by atoms with Crippen LogP contribution in [0.1, 0.15) is 25.5 Å². The zero-order valence-corrected chi connectivity index (χ0v) is 12.8. The number of nitrogens with one attached hydrogen (secondary N) is 2. The molecule has 1 aromatic rings. The second-order valence-corrected chi connectivity index (χ2v) is 3.97. The lowest BCUT2D eigenvalue weighted by Crippen LogP contribution is -2.42. The summed E-state index contributed by atoms with van der Waals surface area (Å²) in [6.07, 6.45) is 8.08. The predicted octanol–water partition coefficient (Wildman–Crippen LogP) is 2.07. The van der Waals surface area contributed by atoms with E-state index in [0.29, 0.717) is 12.6 Å². The molecule has 0 saturated carbocycles. The number of hydrogen-bond donors (Lipinski definition) is 2. The van der Waals surface area contributed by atoms with E-state index in [1.54, 1.807) is 6.26 Å². The molecule has 6 heteroatoms. The Hall–Kier alpha value is -1.05. The van der Waals surface area contributed by atoms with Crippen molar-refractivity contribution in [3.8, 4) is 0 Å². The molecule has 0 bridgehead atoms. The first-order chi connectivity index (χ1) is 8.38. The van der Waals surface area contributed by atoms with E-state index in [1.807, 2.05) is 6.07 Å². The third-order valence-electron chi connectivity index (χ3n) is 2.58. The number of rotatable bonds is 4. The highest BCUT2D eigenvalue weighted by Crippen LogP contribution is 2.08. The molecule has 0 aromatic carbocycles. The first kappa shape index (κ1) is 15.0. The average Bonchev–Trinajstić information content (AvgIpc) is 2.99. The Balaban J connectivity index is 0.00000162. The molecule has 100 valence electrons. The Morgan fingerprint density at radius 3 is 2.89 bits per heavy atom. The minimum atomic E-state index is 0. The van der Waals surface area contributed by atoms with Crippen molar-refractivity contribution < 1.29 is 4.52 Å². The Morgan fingerprint density at radius 1 is 1.50 bits per heavy atom. The van der Waals surface area contributed by atoms with Crippen LogP contribution in [0.4, 0.5) is 0 Å². The molecule has 2 rings (SSSR count). The van der Waals surface area contributed by atoms with Gasteiger partial charge in [-0.05, 0) is 19.8 Å². The SMILES string of the molecule is CCNC(=NCc1ccon1)NC1CC=CC1.I. The van der Waals surface area contributed by atoms with Gasteiger partial charge in [-0.2, -0.15) is 0 Å². The van der Waals surface area contributed by atoms with Crippen LogP contribution < -0.4 is 10.6 Å². The van der Waals surface area contributed by atoms with Crippen molar-refractivity contribution in [1.29, 1.82) is 0 Å². The van der Waals surface area contributed by atoms with E-state index >= 15 is 0 Å². The Labute approximate surface area is 124 Å². The van der Waals surface area contributed by atoms with Crippen molar-refractivity contribution in [2.45, 2.75) is 32.4 Å². The summed E-state index contributed by atoms with van der Waals surface area (Å²) in [4.78, 5) is 4.46. The summed E-state index contributed by atoms with van der Waals surface area (Å²) < 4.78 is 4.77. The highest BCUT2D eigenvalue weighted by molar-refractivity contribution is 14.0. The monoisotopic (exact) mass is 362 g/mol. The standard InChI is InChI=1S/C12H18N4O.HI/c1-2-13-12(15-10-5-3-4-6-10)14-9-11-7-8-17-16-11;/h3-4,7-8,10H,2,5-6,9H2,1H3,(H2,13,14,15);1H. The van der Waals surface area contributed by atoms with Crippen LogP contribution in [0.5, 0.6) is 0 Å². The highest BCUT2D eigenvalue weighted by Gasteiger charge is 2.11. The number of aromatic nitrogens is 1. The fraction of sp³-hybridized carbons (Fsp3) is 0.500. The van der Waals surface area contributed by atoms with Crippen molar-refractivity contribution in [2.75, 3.05) is 6.54 Å². The van der Waals surface area contributed by atoms with E-state index in [1.165, 1.54) is 0 Å². The normalized spacial score (nSPS) is 15.5. The molecule has 1 aromatic heterocycles. The van der Waals surface area contributed by atoms with Gasteiger partial charge in [-0.1, -0.05) is 17.3 Å². The van der Waals surface area contributed by atoms with E-state index in [-0.39, 0.29) is 24.0 Å². The quantitative estimate of drug-likeness (QED) is 0.373. The van der Waals surface area contributed by atoms with Gasteiger partial charge in [-0.3, -0.25) is 0 Å². The van der Waals surface area contributed by atoms with Crippen LogP contribution in [-0.4, -0.2) is 23.7 Å². The number of aliphatic imine (C=N–C) groups is 1. The zero-order chi connectivity index (χ0) is 11.9. The van der Waals surface area contributed by atoms with E-state index in [9.17, 15) is 0 Å². The molecule has 0 amide bonds. The van der Waals surface area contributed by atoms with Crippen LogP contribution in [0.15, 0.2) is 34.0 Å². The van der Waals surface area contributed by atoms with Crippen molar-refractivity contribution in [2.24, 2.45) is 4.99 Å². The van der Waals surface area contributed by atoms with Gasteiger partial charge >= 0.3 is 0 Å². The Morgan fingerprint density at radius 2 is 2.28 bits per heavy atom. The van der Waals surface area contributed by atoms with Crippen LogP contribution >= 0.6 is 24.0 Å². The summed E-state index contributed by atoms with van der Waals surface area (Å²) in [6.45, 7) is 3.44. The van der Waals surface area contributed by atoms with Gasteiger partial charge in [0.05, 0.1) is 6.54 Å². The summed E-state index contributed by atoms with van der Waals surface area (Å²) in [6, 6.07) is 2.29.